The van der Waals surface area contributed by atoms with Crippen LogP contribution in [0.2, 0.25) is 0 Å². The summed E-state index contributed by atoms with van der Waals surface area (Å²) in [5.74, 6) is -0.833. The van der Waals surface area contributed by atoms with Crippen molar-refractivity contribution in [2.24, 2.45) is 0 Å². The second-order valence-electron chi connectivity index (χ2n) is 3.43. The molecule has 0 saturated heterocycles. The van der Waals surface area contributed by atoms with Crippen molar-refractivity contribution in [3.8, 4) is 0 Å². The summed E-state index contributed by atoms with van der Waals surface area (Å²) in [4.78, 5) is 26.4. The number of carboxylic acid groups (broad SMARTS) is 1. The van der Waals surface area contributed by atoms with Gasteiger partial charge in [0.2, 0.25) is 0 Å². The van der Waals surface area contributed by atoms with Gasteiger partial charge in [0, 0.05) is 23.7 Å². The van der Waals surface area contributed by atoms with Crippen LogP contribution in [0.1, 0.15) is 12.6 Å². The van der Waals surface area contributed by atoms with E-state index in [9.17, 15) is 4.79 Å². The van der Waals surface area contributed by atoms with Gasteiger partial charge >= 0.3 is 5.69 Å². The zero-order valence-corrected chi connectivity index (χ0v) is 9.52. The van der Waals surface area contributed by atoms with Gasteiger partial charge in [-0.1, -0.05) is 6.07 Å². The maximum Gasteiger partial charge on any atom is 0.345 e. The van der Waals surface area contributed by atoms with Crippen LogP contribution in [0.3, 0.4) is 0 Å². The average Bonchev–Trinajstić information content (AvgIpc) is 2.15. The van der Waals surface area contributed by atoms with E-state index in [2.05, 4.69) is 9.97 Å². The Morgan fingerprint density at radius 3 is 2.65 bits per heavy atom. The Kier molecular flexibility index (Phi) is 3.82. The molecule has 1 aromatic carbocycles. The fourth-order valence-corrected chi connectivity index (χ4v) is 1.42. The summed E-state index contributed by atoms with van der Waals surface area (Å²) in [5.41, 5.74) is 7.44. The fourth-order valence-electron chi connectivity index (χ4n) is 1.42. The van der Waals surface area contributed by atoms with Crippen LogP contribution >= 0.6 is 0 Å². The van der Waals surface area contributed by atoms with E-state index in [1.165, 1.54) is 0 Å². The van der Waals surface area contributed by atoms with E-state index in [4.69, 9.17) is 15.6 Å². The number of rotatable bonds is 0. The number of aromatic amines is 1. The minimum atomic E-state index is -0.833. The summed E-state index contributed by atoms with van der Waals surface area (Å²) >= 11 is 0. The fraction of sp³-hybridized carbons (Fsp3) is 0.182. The number of fused-ring (bicyclic) bond motifs is 1. The van der Waals surface area contributed by atoms with Gasteiger partial charge in [-0.15, -0.1) is 0 Å². The number of H-pyrrole nitrogens is 1. The zero-order chi connectivity index (χ0) is 13.0. The standard InChI is InChI=1S/C9H9N3O.C2H4O2/c1-5-8-6(10)3-2-4-7(8)12-9(13)11-5;1-2(3)4/h2-4H,10H2,1H3,(H,11,12,13);1H3,(H,3,4). The molecular formula is C11H13N3O3. The molecule has 0 aliphatic rings. The highest BCUT2D eigenvalue weighted by molar-refractivity contribution is 5.91. The van der Waals surface area contributed by atoms with Gasteiger partial charge in [0.1, 0.15) is 0 Å². The minimum absolute atomic E-state index is 0.337. The van der Waals surface area contributed by atoms with Crippen molar-refractivity contribution in [2.45, 2.75) is 13.8 Å². The van der Waals surface area contributed by atoms with Crippen LogP contribution in [0.15, 0.2) is 23.0 Å². The Bertz CT molecular complexity index is 600. The summed E-state index contributed by atoms with van der Waals surface area (Å²) in [6.07, 6.45) is 0. The molecule has 90 valence electrons. The molecule has 6 nitrogen and oxygen atoms in total. The lowest BCUT2D eigenvalue weighted by molar-refractivity contribution is -0.134. The molecule has 0 radical (unpaired) electrons. The maximum atomic E-state index is 11.0. The summed E-state index contributed by atoms with van der Waals surface area (Å²) in [7, 11) is 0. The van der Waals surface area contributed by atoms with Crippen molar-refractivity contribution < 1.29 is 9.90 Å². The lowest BCUT2D eigenvalue weighted by atomic mass is 10.1. The van der Waals surface area contributed by atoms with Gasteiger partial charge < -0.3 is 15.8 Å². The number of nitrogens with one attached hydrogen (secondary N) is 1. The summed E-state index contributed by atoms with van der Waals surface area (Å²) in [5, 5.41) is 8.24. The highest BCUT2D eigenvalue weighted by Crippen LogP contribution is 2.19. The third-order valence-electron chi connectivity index (χ3n) is 1.97. The number of hydrogen-bond donors (Lipinski definition) is 3. The molecule has 17 heavy (non-hydrogen) atoms. The van der Waals surface area contributed by atoms with E-state index in [0.29, 0.717) is 11.2 Å². The quantitative estimate of drug-likeness (QED) is 0.588. The van der Waals surface area contributed by atoms with E-state index in [-0.39, 0.29) is 5.69 Å². The van der Waals surface area contributed by atoms with Crippen molar-refractivity contribution in [1.29, 1.82) is 0 Å². The largest absolute Gasteiger partial charge is 0.481 e. The van der Waals surface area contributed by atoms with Crippen LogP contribution in [0.4, 0.5) is 5.69 Å². The third kappa shape index (κ3) is 3.30. The number of nitrogens with two attached hydrogens (primary N) is 1. The number of aromatic nitrogens is 2. The molecule has 6 heteroatoms. The van der Waals surface area contributed by atoms with Crippen molar-refractivity contribution >= 4 is 22.6 Å². The first kappa shape index (κ1) is 12.7. The number of anilines is 1. The Hall–Kier alpha value is -2.37. The molecule has 0 bridgehead atoms. The minimum Gasteiger partial charge on any atom is -0.481 e. The summed E-state index contributed by atoms with van der Waals surface area (Å²) < 4.78 is 0. The van der Waals surface area contributed by atoms with Crippen molar-refractivity contribution in [3.63, 3.8) is 0 Å². The second kappa shape index (κ2) is 5.11. The smallest absolute Gasteiger partial charge is 0.345 e. The number of carbonyl (C=O) groups is 1. The summed E-state index contributed by atoms with van der Waals surface area (Å²) in [6, 6.07) is 5.34. The Labute approximate surface area is 97.1 Å². The predicted molar refractivity (Wildman–Crippen MR) is 64.8 cm³/mol. The molecular weight excluding hydrogens is 222 g/mol. The summed E-state index contributed by atoms with van der Waals surface area (Å²) in [6.45, 7) is 2.89. The highest BCUT2D eigenvalue weighted by Gasteiger charge is 2.02. The molecule has 0 aliphatic heterocycles. The van der Waals surface area contributed by atoms with Gasteiger partial charge in [-0.25, -0.2) is 4.79 Å². The molecule has 0 atom stereocenters. The molecule has 0 unspecified atom stereocenters. The lowest BCUT2D eigenvalue weighted by Gasteiger charge is -2.02. The van der Waals surface area contributed by atoms with Gasteiger partial charge in [-0.05, 0) is 19.1 Å². The van der Waals surface area contributed by atoms with Crippen molar-refractivity contribution in [1.82, 2.24) is 9.97 Å². The van der Waals surface area contributed by atoms with E-state index >= 15 is 0 Å². The Balaban J connectivity index is 0.000000317. The second-order valence-corrected chi connectivity index (χ2v) is 3.43. The first-order valence-electron chi connectivity index (χ1n) is 4.86. The van der Waals surface area contributed by atoms with Crippen LogP contribution in [0, 0.1) is 6.92 Å². The number of nitrogens with zero attached hydrogens (tertiary/aromatic N) is 1. The maximum absolute atomic E-state index is 11.0. The highest BCUT2D eigenvalue weighted by atomic mass is 16.4. The molecule has 0 aliphatic carbocycles. The van der Waals surface area contributed by atoms with E-state index in [1.807, 2.05) is 6.92 Å². The SMILES string of the molecule is CC(=O)O.Cc1[nH]c(=O)nc2cccc(N)c12. The number of aryl methyl sites for hydroxylation is 1. The van der Waals surface area contributed by atoms with Gasteiger partial charge in [0.15, 0.2) is 0 Å². The lowest BCUT2D eigenvalue weighted by Crippen LogP contribution is -2.12. The van der Waals surface area contributed by atoms with Gasteiger partial charge in [-0.2, -0.15) is 4.98 Å². The monoisotopic (exact) mass is 235 g/mol. The zero-order valence-electron chi connectivity index (χ0n) is 9.52. The number of carboxylic acids is 1. The number of nitrogen functional groups attached to an aromatic ring is 1. The van der Waals surface area contributed by atoms with Gasteiger partial charge in [0.05, 0.1) is 5.52 Å². The molecule has 0 amide bonds. The van der Waals surface area contributed by atoms with E-state index in [1.54, 1.807) is 18.2 Å². The topological polar surface area (TPSA) is 109 Å². The third-order valence-corrected chi connectivity index (χ3v) is 1.97. The average molecular weight is 235 g/mol. The molecule has 1 aromatic heterocycles. The molecule has 2 aromatic rings. The molecule has 2 rings (SSSR count). The van der Waals surface area contributed by atoms with Crippen LogP contribution in [0.25, 0.3) is 10.9 Å². The molecule has 0 saturated carbocycles. The first-order chi connectivity index (χ1) is 7.91. The van der Waals surface area contributed by atoms with Crippen LogP contribution in [-0.4, -0.2) is 21.0 Å². The number of aliphatic carboxylic acids is 1. The molecule has 0 spiro atoms. The molecule has 1 heterocycles. The normalized spacial score (nSPS) is 9.53. The van der Waals surface area contributed by atoms with Crippen LogP contribution in [0.5, 0.6) is 0 Å². The molecule has 0 fully saturated rings. The van der Waals surface area contributed by atoms with Gasteiger partial charge in [-0.3, -0.25) is 4.79 Å². The first-order valence-corrected chi connectivity index (χ1v) is 4.86. The number of hydrogen-bond acceptors (Lipinski definition) is 4. The van der Waals surface area contributed by atoms with Crippen molar-refractivity contribution in [2.75, 3.05) is 5.73 Å². The number of benzene rings is 1. The van der Waals surface area contributed by atoms with Crippen LogP contribution in [-0.2, 0) is 4.79 Å². The molecule has 4 N–H and O–H groups in total. The Morgan fingerprint density at radius 2 is 2.06 bits per heavy atom. The Morgan fingerprint density at radius 1 is 1.47 bits per heavy atom. The predicted octanol–water partition coefficient (Wildman–Crippen LogP) is 0.905. The van der Waals surface area contributed by atoms with Crippen LogP contribution < -0.4 is 11.4 Å². The van der Waals surface area contributed by atoms with Gasteiger partial charge in [0.25, 0.3) is 5.97 Å². The van der Waals surface area contributed by atoms with E-state index < -0.39 is 5.97 Å². The van der Waals surface area contributed by atoms with Crippen molar-refractivity contribution in [3.05, 3.63) is 34.4 Å². The van der Waals surface area contributed by atoms with E-state index in [0.717, 1.165) is 18.0 Å².